The molecule has 0 radical (unpaired) electrons. The van der Waals surface area contributed by atoms with Gasteiger partial charge in [-0.2, -0.15) is 0 Å². The van der Waals surface area contributed by atoms with Crippen LogP contribution in [-0.2, 0) is 0 Å². The molecule has 1 aromatic rings. The molecule has 2 nitrogen and oxygen atoms in total. The molecule has 2 atom stereocenters. The lowest BCUT2D eigenvalue weighted by Crippen LogP contribution is -2.31. The number of hydrogen-bond acceptors (Lipinski definition) is 3. The fourth-order valence-corrected chi connectivity index (χ4v) is 2.37. The van der Waals surface area contributed by atoms with Gasteiger partial charge in [0.15, 0.2) is 0 Å². The van der Waals surface area contributed by atoms with Crippen molar-refractivity contribution in [2.45, 2.75) is 25.8 Å². The standard InChI is InChI=1S/C9H14N2S/c1-7-2-3-8(11-4-7)9-5-10-6-12-9/h5-8,11H,2-4H2,1H3/t7-,8+/m0/s1. The fourth-order valence-electron chi connectivity index (χ4n) is 1.64. The van der Waals surface area contributed by atoms with Gasteiger partial charge in [0.1, 0.15) is 0 Å². The summed E-state index contributed by atoms with van der Waals surface area (Å²) >= 11 is 1.76. The average molecular weight is 182 g/mol. The van der Waals surface area contributed by atoms with Crippen LogP contribution >= 0.6 is 11.3 Å². The van der Waals surface area contributed by atoms with Gasteiger partial charge in [-0.1, -0.05) is 6.92 Å². The Bertz CT molecular complexity index is 225. The Kier molecular flexibility index (Phi) is 2.42. The minimum Gasteiger partial charge on any atom is -0.309 e. The molecule has 2 rings (SSSR count). The highest BCUT2D eigenvalue weighted by Gasteiger charge is 2.19. The number of piperidine rings is 1. The van der Waals surface area contributed by atoms with Gasteiger partial charge in [-0.05, 0) is 25.3 Å². The summed E-state index contributed by atoms with van der Waals surface area (Å²) in [5.41, 5.74) is 1.91. The molecule has 0 aromatic carbocycles. The molecule has 1 saturated heterocycles. The van der Waals surface area contributed by atoms with Crippen molar-refractivity contribution in [3.8, 4) is 0 Å². The van der Waals surface area contributed by atoms with Crippen molar-refractivity contribution >= 4 is 11.3 Å². The van der Waals surface area contributed by atoms with Gasteiger partial charge in [-0.3, -0.25) is 4.98 Å². The van der Waals surface area contributed by atoms with Gasteiger partial charge in [0.2, 0.25) is 0 Å². The molecule has 1 fully saturated rings. The van der Waals surface area contributed by atoms with Crippen LogP contribution in [0.3, 0.4) is 0 Å². The molecule has 1 aliphatic rings. The summed E-state index contributed by atoms with van der Waals surface area (Å²) in [6.07, 6.45) is 4.59. The second-order valence-electron chi connectivity index (χ2n) is 3.55. The van der Waals surface area contributed by atoms with Crippen LogP contribution < -0.4 is 5.32 Å². The minimum absolute atomic E-state index is 0.577. The van der Waals surface area contributed by atoms with Gasteiger partial charge in [0.05, 0.1) is 5.51 Å². The second-order valence-corrected chi connectivity index (χ2v) is 4.47. The molecule has 0 aliphatic carbocycles. The number of rotatable bonds is 1. The van der Waals surface area contributed by atoms with Gasteiger partial charge in [-0.15, -0.1) is 11.3 Å². The van der Waals surface area contributed by atoms with Crippen LogP contribution in [0, 0.1) is 5.92 Å². The van der Waals surface area contributed by atoms with Gasteiger partial charge < -0.3 is 5.32 Å². The zero-order chi connectivity index (χ0) is 8.39. The van der Waals surface area contributed by atoms with Gasteiger partial charge in [0.25, 0.3) is 0 Å². The quantitative estimate of drug-likeness (QED) is 0.720. The maximum Gasteiger partial charge on any atom is 0.0794 e. The molecular formula is C9H14N2S. The molecule has 0 saturated carbocycles. The van der Waals surface area contributed by atoms with Crippen molar-refractivity contribution in [2.75, 3.05) is 6.54 Å². The second kappa shape index (κ2) is 3.54. The normalized spacial score (nSPS) is 30.4. The highest BCUT2D eigenvalue weighted by molar-refractivity contribution is 7.09. The highest BCUT2D eigenvalue weighted by Crippen LogP contribution is 2.27. The van der Waals surface area contributed by atoms with E-state index in [9.17, 15) is 0 Å². The van der Waals surface area contributed by atoms with E-state index in [0.29, 0.717) is 6.04 Å². The first-order chi connectivity index (χ1) is 5.86. The lowest BCUT2D eigenvalue weighted by atomic mass is 9.96. The molecule has 1 aromatic heterocycles. The smallest absolute Gasteiger partial charge is 0.0794 e. The molecule has 0 bridgehead atoms. The Morgan fingerprint density at radius 2 is 2.50 bits per heavy atom. The Morgan fingerprint density at radius 1 is 1.58 bits per heavy atom. The molecule has 0 unspecified atom stereocenters. The van der Waals surface area contributed by atoms with Crippen molar-refractivity contribution < 1.29 is 0 Å². The Morgan fingerprint density at radius 3 is 3.08 bits per heavy atom. The fraction of sp³-hybridized carbons (Fsp3) is 0.667. The third kappa shape index (κ3) is 1.67. The Labute approximate surface area is 77.0 Å². The average Bonchev–Trinajstić information content (AvgIpc) is 2.58. The van der Waals surface area contributed by atoms with Crippen molar-refractivity contribution in [1.82, 2.24) is 10.3 Å². The minimum atomic E-state index is 0.577. The monoisotopic (exact) mass is 182 g/mol. The van der Waals surface area contributed by atoms with E-state index >= 15 is 0 Å². The van der Waals surface area contributed by atoms with Crippen molar-refractivity contribution in [2.24, 2.45) is 5.92 Å². The van der Waals surface area contributed by atoms with Crippen LogP contribution in [0.4, 0.5) is 0 Å². The van der Waals surface area contributed by atoms with Crippen LogP contribution in [0.15, 0.2) is 11.7 Å². The molecule has 12 heavy (non-hydrogen) atoms. The molecule has 3 heteroatoms. The van der Waals surface area contributed by atoms with Crippen LogP contribution in [-0.4, -0.2) is 11.5 Å². The van der Waals surface area contributed by atoms with Crippen LogP contribution in [0.5, 0.6) is 0 Å². The zero-order valence-electron chi connectivity index (χ0n) is 7.29. The first-order valence-electron chi connectivity index (χ1n) is 4.48. The van der Waals surface area contributed by atoms with E-state index in [0.717, 1.165) is 12.5 Å². The maximum atomic E-state index is 4.09. The first-order valence-corrected chi connectivity index (χ1v) is 5.36. The van der Waals surface area contributed by atoms with Gasteiger partial charge in [0, 0.05) is 17.1 Å². The van der Waals surface area contributed by atoms with Crippen LogP contribution in [0.2, 0.25) is 0 Å². The summed E-state index contributed by atoms with van der Waals surface area (Å²) < 4.78 is 0. The summed E-state index contributed by atoms with van der Waals surface area (Å²) in [6, 6.07) is 0.577. The number of hydrogen-bond donors (Lipinski definition) is 1. The summed E-state index contributed by atoms with van der Waals surface area (Å²) in [6.45, 7) is 3.46. The third-order valence-electron chi connectivity index (χ3n) is 2.46. The van der Waals surface area contributed by atoms with Crippen molar-refractivity contribution in [3.05, 3.63) is 16.6 Å². The van der Waals surface area contributed by atoms with E-state index in [1.54, 1.807) is 11.3 Å². The number of thiazole rings is 1. The van der Waals surface area contributed by atoms with E-state index in [-0.39, 0.29) is 0 Å². The van der Waals surface area contributed by atoms with Gasteiger partial charge >= 0.3 is 0 Å². The van der Waals surface area contributed by atoms with E-state index in [2.05, 4.69) is 17.2 Å². The SMILES string of the molecule is C[C@H]1CC[C@H](c2cncs2)NC1. The maximum absolute atomic E-state index is 4.09. The largest absolute Gasteiger partial charge is 0.309 e. The lowest BCUT2D eigenvalue weighted by molar-refractivity contribution is 0.336. The molecule has 0 spiro atoms. The topological polar surface area (TPSA) is 24.9 Å². The summed E-state index contributed by atoms with van der Waals surface area (Å²) in [7, 11) is 0. The van der Waals surface area contributed by atoms with E-state index in [4.69, 9.17) is 0 Å². The molecule has 0 amide bonds. The molecular weight excluding hydrogens is 168 g/mol. The van der Waals surface area contributed by atoms with Crippen LogP contribution in [0.25, 0.3) is 0 Å². The highest BCUT2D eigenvalue weighted by atomic mass is 32.1. The molecule has 1 N–H and O–H groups in total. The summed E-state index contributed by atoms with van der Waals surface area (Å²) in [5.74, 6) is 0.842. The number of aromatic nitrogens is 1. The van der Waals surface area contributed by atoms with Crippen LogP contribution in [0.1, 0.15) is 30.7 Å². The van der Waals surface area contributed by atoms with Crippen molar-refractivity contribution in [3.63, 3.8) is 0 Å². The summed E-state index contributed by atoms with van der Waals surface area (Å²) in [5, 5.41) is 3.54. The lowest BCUT2D eigenvalue weighted by Gasteiger charge is -2.26. The molecule has 2 heterocycles. The third-order valence-corrected chi connectivity index (χ3v) is 3.34. The first kappa shape index (κ1) is 8.20. The van der Waals surface area contributed by atoms with Gasteiger partial charge in [-0.25, -0.2) is 0 Å². The predicted octanol–water partition coefficient (Wildman–Crippen LogP) is 2.20. The Balaban J connectivity index is 1.99. The number of nitrogens with zero attached hydrogens (tertiary/aromatic N) is 1. The zero-order valence-corrected chi connectivity index (χ0v) is 8.10. The molecule has 66 valence electrons. The van der Waals surface area contributed by atoms with E-state index < -0.39 is 0 Å². The van der Waals surface area contributed by atoms with E-state index in [1.807, 2.05) is 11.7 Å². The number of nitrogens with one attached hydrogen (secondary N) is 1. The van der Waals surface area contributed by atoms with E-state index in [1.165, 1.54) is 17.7 Å². The predicted molar refractivity (Wildman–Crippen MR) is 51.3 cm³/mol. The van der Waals surface area contributed by atoms with Crippen molar-refractivity contribution in [1.29, 1.82) is 0 Å². The summed E-state index contributed by atoms with van der Waals surface area (Å²) in [4.78, 5) is 5.49. The molecule has 1 aliphatic heterocycles. The Hall–Kier alpha value is -0.410.